The summed E-state index contributed by atoms with van der Waals surface area (Å²) in [6, 6.07) is 1.22. The summed E-state index contributed by atoms with van der Waals surface area (Å²) in [5.74, 6) is -3.71. The monoisotopic (exact) mass is 361 g/mol. The predicted octanol–water partition coefficient (Wildman–Crippen LogP) is 1.10. The quantitative estimate of drug-likeness (QED) is 0.762. The van der Waals surface area contributed by atoms with E-state index in [1.165, 1.54) is 6.07 Å². The van der Waals surface area contributed by atoms with Gasteiger partial charge in [0.1, 0.15) is 11.9 Å². The van der Waals surface area contributed by atoms with E-state index in [1.807, 2.05) is 13.1 Å². The van der Waals surface area contributed by atoms with Crippen molar-refractivity contribution >= 4 is 14.1 Å². The van der Waals surface area contributed by atoms with E-state index < -0.39 is 38.4 Å². The van der Waals surface area contributed by atoms with Crippen molar-refractivity contribution in [2.24, 2.45) is 0 Å². The van der Waals surface area contributed by atoms with Gasteiger partial charge in [0, 0.05) is 6.20 Å². The van der Waals surface area contributed by atoms with Crippen LogP contribution < -0.4 is 11.4 Å². The van der Waals surface area contributed by atoms with Crippen LogP contribution in [-0.4, -0.2) is 47.7 Å². The highest BCUT2D eigenvalue weighted by molar-refractivity contribution is 6.73. The molecule has 0 bridgehead atoms. The van der Waals surface area contributed by atoms with Crippen LogP contribution in [0.25, 0.3) is 0 Å². The van der Waals surface area contributed by atoms with E-state index in [0.29, 0.717) is 10.1 Å². The first kappa shape index (κ1) is 17.5. The maximum Gasteiger partial charge on any atom is 0.351 e. The molecule has 3 rings (SSSR count). The molecule has 2 heterocycles. The minimum Gasteiger partial charge on any atom is -0.414 e. The van der Waals surface area contributed by atoms with Crippen molar-refractivity contribution in [2.45, 2.75) is 55.8 Å². The predicted molar refractivity (Wildman–Crippen MR) is 84.2 cm³/mol. The summed E-state index contributed by atoms with van der Waals surface area (Å²) < 4.78 is 40.5. The molecule has 0 radical (unpaired) electrons. The molecule has 1 aromatic rings. The molecule has 1 aliphatic heterocycles. The topological polar surface area (TPSA) is 99.6 Å². The van der Waals surface area contributed by atoms with Crippen molar-refractivity contribution in [2.75, 3.05) is 12.3 Å². The van der Waals surface area contributed by atoms with Gasteiger partial charge in [0.05, 0.1) is 6.61 Å². The molecule has 0 aromatic carbocycles. The third-order valence-electron chi connectivity index (χ3n) is 4.66. The lowest BCUT2D eigenvalue weighted by Gasteiger charge is -2.25. The lowest BCUT2D eigenvalue weighted by molar-refractivity contribution is -0.140. The highest BCUT2D eigenvalue weighted by atomic mass is 28.4. The molecule has 1 saturated heterocycles. The SMILES string of the molecule is C[Si](C)(OCC1OC(n2ccc(N)nc2=O)C(F)(F)C1O)C1CC1. The Bertz CT molecular complexity index is 680. The van der Waals surface area contributed by atoms with Gasteiger partial charge < -0.3 is 20.0 Å². The normalized spacial score (nSPS) is 29.8. The van der Waals surface area contributed by atoms with Gasteiger partial charge in [-0.25, -0.2) is 4.79 Å². The van der Waals surface area contributed by atoms with E-state index in [-0.39, 0.29) is 12.4 Å². The lowest BCUT2D eigenvalue weighted by Crippen LogP contribution is -2.43. The molecule has 10 heteroatoms. The van der Waals surface area contributed by atoms with Crippen LogP contribution in [0.5, 0.6) is 0 Å². The first-order chi connectivity index (χ1) is 11.1. The number of ether oxygens (including phenoxy) is 1. The Hall–Kier alpha value is -1.36. The number of hydrogen-bond donors (Lipinski definition) is 2. The molecule has 2 fully saturated rings. The van der Waals surface area contributed by atoms with Crippen molar-refractivity contribution in [3.05, 3.63) is 22.7 Å². The average molecular weight is 361 g/mol. The number of nitrogens with zero attached hydrogens (tertiary/aromatic N) is 2. The van der Waals surface area contributed by atoms with Gasteiger partial charge in [0.15, 0.2) is 14.4 Å². The molecule has 2 aliphatic rings. The van der Waals surface area contributed by atoms with Gasteiger partial charge in [-0.3, -0.25) is 4.57 Å². The maximum absolute atomic E-state index is 14.4. The third-order valence-corrected chi connectivity index (χ3v) is 8.12. The zero-order chi connectivity index (χ0) is 17.7. The summed E-state index contributed by atoms with van der Waals surface area (Å²) in [4.78, 5) is 15.2. The highest BCUT2D eigenvalue weighted by Crippen LogP contribution is 2.47. The second kappa shape index (κ2) is 5.87. The van der Waals surface area contributed by atoms with Crippen LogP contribution in [-0.2, 0) is 9.16 Å². The molecule has 1 saturated carbocycles. The molecule has 1 aliphatic carbocycles. The molecular formula is C14H21F2N3O4Si. The number of hydrogen-bond acceptors (Lipinski definition) is 6. The second-order valence-electron chi connectivity index (χ2n) is 6.88. The van der Waals surface area contributed by atoms with E-state index in [2.05, 4.69) is 4.98 Å². The van der Waals surface area contributed by atoms with Gasteiger partial charge in [0.2, 0.25) is 6.23 Å². The maximum atomic E-state index is 14.4. The largest absolute Gasteiger partial charge is 0.414 e. The number of rotatable bonds is 5. The Balaban J connectivity index is 1.76. The molecule has 134 valence electrons. The van der Waals surface area contributed by atoms with Crippen molar-refractivity contribution in [3.63, 3.8) is 0 Å². The van der Waals surface area contributed by atoms with Crippen LogP contribution in [0.4, 0.5) is 14.6 Å². The third kappa shape index (κ3) is 3.10. The van der Waals surface area contributed by atoms with Crippen LogP contribution >= 0.6 is 0 Å². The number of nitrogen functional groups attached to an aromatic ring is 1. The van der Waals surface area contributed by atoms with Crippen molar-refractivity contribution in [1.82, 2.24) is 9.55 Å². The molecule has 7 nitrogen and oxygen atoms in total. The highest BCUT2D eigenvalue weighted by Gasteiger charge is 2.60. The van der Waals surface area contributed by atoms with E-state index >= 15 is 0 Å². The molecular weight excluding hydrogens is 340 g/mol. The van der Waals surface area contributed by atoms with Crippen molar-refractivity contribution in [1.29, 1.82) is 0 Å². The van der Waals surface area contributed by atoms with Crippen LogP contribution in [0.1, 0.15) is 19.1 Å². The molecule has 0 amide bonds. The Kier molecular flexibility index (Phi) is 4.27. The van der Waals surface area contributed by atoms with Gasteiger partial charge in [0.25, 0.3) is 0 Å². The first-order valence-corrected chi connectivity index (χ1v) is 10.8. The van der Waals surface area contributed by atoms with Gasteiger partial charge >= 0.3 is 11.6 Å². The standard InChI is InChI=1S/C14H21F2N3O4Si/c1-24(2,8-3-4-8)22-7-9-11(20)14(15,16)12(23-9)19-6-5-10(17)18-13(19)21/h5-6,8-9,11-12,20H,3-4,7H2,1-2H3,(H2,17,18,21). The zero-order valence-corrected chi connectivity index (χ0v) is 14.5. The van der Waals surface area contributed by atoms with E-state index in [9.17, 15) is 18.7 Å². The number of aliphatic hydroxyl groups is 1. The van der Waals surface area contributed by atoms with Gasteiger partial charge in [-0.1, -0.05) is 12.8 Å². The lowest BCUT2D eigenvalue weighted by atomic mass is 10.1. The van der Waals surface area contributed by atoms with E-state index in [1.54, 1.807) is 0 Å². The van der Waals surface area contributed by atoms with Crippen LogP contribution in [0.2, 0.25) is 18.6 Å². The summed E-state index contributed by atoms with van der Waals surface area (Å²) >= 11 is 0. The van der Waals surface area contributed by atoms with Crippen LogP contribution in [0.3, 0.4) is 0 Å². The smallest absolute Gasteiger partial charge is 0.351 e. The van der Waals surface area contributed by atoms with Crippen LogP contribution in [0.15, 0.2) is 17.1 Å². The van der Waals surface area contributed by atoms with Gasteiger partial charge in [-0.15, -0.1) is 0 Å². The Morgan fingerprint density at radius 3 is 2.79 bits per heavy atom. The Morgan fingerprint density at radius 1 is 1.54 bits per heavy atom. The fourth-order valence-electron chi connectivity index (χ4n) is 2.90. The number of anilines is 1. The fraction of sp³-hybridized carbons (Fsp3) is 0.714. The van der Waals surface area contributed by atoms with Gasteiger partial charge in [-0.05, 0) is 24.7 Å². The molecule has 3 N–H and O–H groups in total. The minimum absolute atomic E-state index is 0.0739. The Labute approximate surface area is 138 Å². The summed E-state index contributed by atoms with van der Waals surface area (Å²) in [6.45, 7) is 3.92. The summed E-state index contributed by atoms with van der Waals surface area (Å²) in [5, 5.41) is 9.94. The summed E-state index contributed by atoms with van der Waals surface area (Å²) in [5.41, 5.74) is 4.93. The molecule has 1 aromatic heterocycles. The van der Waals surface area contributed by atoms with Crippen molar-refractivity contribution in [3.8, 4) is 0 Å². The fourth-order valence-corrected chi connectivity index (χ4v) is 5.29. The number of aliphatic hydroxyl groups excluding tert-OH is 1. The molecule has 0 spiro atoms. The zero-order valence-electron chi connectivity index (χ0n) is 13.5. The van der Waals surface area contributed by atoms with E-state index in [0.717, 1.165) is 19.0 Å². The first-order valence-electron chi connectivity index (χ1n) is 7.83. The second-order valence-corrected chi connectivity index (χ2v) is 11.2. The number of halogens is 2. The molecule has 3 atom stereocenters. The summed E-state index contributed by atoms with van der Waals surface area (Å²) in [6.07, 6.45) is -1.93. The van der Waals surface area contributed by atoms with Gasteiger partial charge in [-0.2, -0.15) is 13.8 Å². The number of nitrogens with two attached hydrogens (primary N) is 1. The van der Waals surface area contributed by atoms with Crippen LogP contribution in [0, 0.1) is 0 Å². The molecule has 24 heavy (non-hydrogen) atoms. The van der Waals surface area contributed by atoms with E-state index in [4.69, 9.17) is 14.9 Å². The minimum atomic E-state index is -3.64. The van der Waals surface area contributed by atoms with Crippen molar-refractivity contribution < 1.29 is 23.1 Å². The average Bonchev–Trinajstić information content (AvgIpc) is 3.30. The summed E-state index contributed by atoms with van der Waals surface area (Å²) in [7, 11) is -1.97. The Morgan fingerprint density at radius 2 is 2.21 bits per heavy atom. The number of aromatic nitrogens is 2. The number of alkyl halides is 2. The molecule has 3 unspecified atom stereocenters.